The molecule has 0 fully saturated rings. The number of imidazole rings is 1. The molecule has 2 N–H and O–H groups in total. The zero-order valence-corrected chi connectivity index (χ0v) is 10.8. The summed E-state index contributed by atoms with van der Waals surface area (Å²) in [4.78, 5) is 19.5. The van der Waals surface area contributed by atoms with Gasteiger partial charge in [0.2, 0.25) is 0 Å². The highest BCUT2D eigenvalue weighted by atomic mass is 32.1. The first-order valence-electron chi connectivity index (χ1n) is 5.61. The Labute approximate surface area is 108 Å². The van der Waals surface area contributed by atoms with E-state index in [4.69, 9.17) is 12.2 Å². The molecule has 0 saturated carbocycles. The number of thiophene rings is 1. The van der Waals surface area contributed by atoms with Gasteiger partial charge in [0.15, 0.2) is 10.6 Å². The van der Waals surface area contributed by atoms with E-state index in [0.29, 0.717) is 4.77 Å². The molecule has 0 amide bonds. The van der Waals surface area contributed by atoms with Crippen LogP contribution in [0.15, 0.2) is 17.6 Å². The van der Waals surface area contributed by atoms with Gasteiger partial charge in [-0.15, -0.1) is 11.3 Å². The average molecular weight is 264 g/mol. The Morgan fingerprint density at radius 1 is 1.53 bits per heavy atom. The van der Waals surface area contributed by atoms with Crippen LogP contribution in [0.3, 0.4) is 0 Å². The van der Waals surface area contributed by atoms with Crippen molar-refractivity contribution in [2.45, 2.75) is 19.3 Å². The third-order valence-corrected chi connectivity index (χ3v) is 4.42. The van der Waals surface area contributed by atoms with Crippen molar-refractivity contribution in [3.05, 3.63) is 38.5 Å². The minimum Gasteiger partial charge on any atom is -0.337 e. The maximum atomic E-state index is 12.2. The molecule has 3 nitrogen and oxygen atoms in total. The molecule has 1 atom stereocenters. The largest absolute Gasteiger partial charge is 0.337 e. The maximum absolute atomic E-state index is 12.2. The van der Waals surface area contributed by atoms with Gasteiger partial charge in [-0.2, -0.15) is 0 Å². The molecule has 3 rings (SSSR count). The summed E-state index contributed by atoms with van der Waals surface area (Å²) in [6.07, 6.45) is 4.58. The molecule has 0 spiro atoms. The Kier molecular flexibility index (Phi) is 2.72. The van der Waals surface area contributed by atoms with Crippen molar-refractivity contribution in [1.29, 1.82) is 0 Å². The molecule has 0 aromatic carbocycles. The SMILES string of the molecule is O=C1c2ccsc2CC[C@@H]1Cc1c[nH]c(=S)[nH]1. The first-order valence-corrected chi connectivity index (χ1v) is 6.90. The van der Waals surface area contributed by atoms with E-state index >= 15 is 0 Å². The van der Waals surface area contributed by atoms with Gasteiger partial charge in [-0.05, 0) is 42.9 Å². The monoisotopic (exact) mass is 264 g/mol. The molecule has 88 valence electrons. The third-order valence-electron chi connectivity index (χ3n) is 3.22. The van der Waals surface area contributed by atoms with Crippen LogP contribution >= 0.6 is 23.6 Å². The number of aromatic amines is 2. The molecular weight excluding hydrogens is 252 g/mol. The van der Waals surface area contributed by atoms with Gasteiger partial charge in [0.1, 0.15) is 0 Å². The lowest BCUT2D eigenvalue weighted by molar-refractivity contribution is 0.0902. The van der Waals surface area contributed by atoms with Gasteiger partial charge in [0, 0.05) is 28.2 Å². The molecule has 5 heteroatoms. The molecule has 2 heterocycles. The molecule has 0 saturated heterocycles. The number of hydrogen-bond acceptors (Lipinski definition) is 3. The van der Waals surface area contributed by atoms with Crippen molar-refractivity contribution in [2.24, 2.45) is 5.92 Å². The lowest BCUT2D eigenvalue weighted by Gasteiger charge is -2.20. The van der Waals surface area contributed by atoms with Gasteiger partial charge in [-0.3, -0.25) is 4.79 Å². The van der Waals surface area contributed by atoms with E-state index in [9.17, 15) is 4.79 Å². The average Bonchev–Trinajstić information content (AvgIpc) is 2.92. The molecule has 0 radical (unpaired) electrons. The highest BCUT2D eigenvalue weighted by Gasteiger charge is 2.28. The summed E-state index contributed by atoms with van der Waals surface area (Å²) >= 11 is 6.67. The molecule has 0 unspecified atom stereocenters. The van der Waals surface area contributed by atoms with Gasteiger partial charge in [-0.25, -0.2) is 0 Å². The Bertz CT molecular complexity index is 608. The Balaban J connectivity index is 1.83. The number of ketones is 1. The first kappa shape index (κ1) is 10.9. The summed E-state index contributed by atoms with van der Waals surface area (Å²) < 4.78 is 0.625. The number of aromatic nitrogens is 2. The quantitative estimate of drug-likeness (QED) is 0.819. The van der Waals surface area contributed by atoms with E-state index in [-0.39, 0.29) is 11.7 Å². The Morgan fingerprint density at radius 3 is 3.18 bits per heavy atom. The predicted octanol–water partition coefficient (Wildman–Crippen LogP) is 3.12. The van der Waals surface area contributed by atoms with Gasteiger partial charge in [0.25, 0.3) is 0 Å². The molecule has 2 aromatic heterocycles. The number of fused-ring (bicyclic) bond motifs is 1. The van der Waals surface area contributed by atoms with Gasteiger partial charge >= 0.3 is 0 Å². The van der Waals surface area contributed by atoms with Crippen LogP contribution in [0.2, 0.25) is 0 Å². The van der Waals surface area contributed by atoms with Crippen LogP contribution in [0.5, 0.6) is 0 Å². The van der Waals surface area contributed by atoms with Gasteiger partial charge < -0.3 is 9.97 Å². The van der Waals surface area contributed by atoms with Crippen LogP contribution in [0.4, 0.5) is 0 Å². The normalized spacial score (nSPS) is 19.3. The number of aryl methyl sites for hydroxylation is 1. The predicted molar refractivity (Wildman–Crippen MR) is 70.1 cm³/mol. The van der Waals surface area contributed by atoms with Crippen molar-refractivity contribution in [2.75, 3.05) is 0 Å². The van der Waals surface area contributed by atoms with Gasteiger partial charge in [0.05, 0.1) is 0 Å². The van der Waals surface area contributed by atoms with E-state index in [1.54, 1.807) is 11.3 Å². The molecule has 1 aliphatic rings. The second-order valence-electron chi connectivity index (χ2n) is 4.33. The standard InChI is InChI=1S/C12H12N2OS2/c15-11-7(5-8-6-13-12(16)14-8)1-2-10-9(11)3-4-17-10/h3-4,6-7H,1-2,5H2,(H2,13,14,16)/t7-/m1/s1. The van der Waals surface area contributed by atoms with Crippen LogP contribution in [0.1, 0.15) is 27.3 Å². The highest BCUT2D eigenvalue weighted by Crippen LogP contribution is 2.30. The fraction of sp³-hybridized carbons (Fsp3) is 0.333. The number of carbonyl (C=O) groups is 1. The number of carbonyl (C=O) groups excluding carboxylic acids is 1. The van der Waals surface area contributed by atoms with Crippen molar-refractivity contribution in [3.63, 3.8) is 0 Å². The topological polar surface area (TPSA) is 48.6 Å². The van der Waals surface area contributed by atoms with Crippen LogP contribution in [-0.4, -0.2) is 15.8 Å². The summed E-state index contributed by atoms with van der Waals surface area (Å²) in [7, 11) is 0. The number of nitrogens with one attached hydrogen (secondary N) is 2. The van der Waals surface area contributed by atoms with Crippen LogP contribution in [0, 0.1) is 10.7 Å². The maximum Gasteiger partial charge on any atom is 0.174 e. The zero-order chi connectivity index (χ0) is 11.8. The van der Waals surface area contributed by atoms with E-state index in [0.717, 1.165) is 30.5 Å². The van der Waals surface area contributed by atoms with Crippen molar-refractivity contribution in [3.8, 4) is 0 Å². The van der Waals surface area contributed by atoms with Gasteiger partial charge in [-0.1, -0.05) is 0 Å². The molecule has 0 bridgehead atoms. The zero-order valence-electron chi connectivity index (χ0n) is 9.16. The number of Topliss-reactive ketones (excluding diaryl/α,β-unsaturated/α-hetero) is 1. The second-order valence-corrected chi connectivity index (χ2v) is 5.74. The van der Waals surface area contributed by atoms with E-state index in [2.05, 4.69) is 9.97 Å². The molecule has 17 heavy (non-hydrogen) atoms. The Morgan fingerprint density at radius 2 is 2.41 bits per heavy atom. The van der Waals surface area contributed by atoms with E-state index in [1.165, 1.54) is 4.88 Å². The van der Waals surface area contributed by atoms with Crippen LogP contribution in [0.25, 0.3) is 0 Å². The minimum absolute atomic E-state index is 0.0959. The Hall–Kier alpha value is -1.20. The van der Waals surface area contributed by atoms with Crippen LogP contribution < -0.4 is 0 Å². The highest BCUT2D eigenvalue weighted by molar-refractivity contribution is 7.71. The molecule has 2 aromatic rings. The number of hydrogen-bond donors (Lipinski definition) is 2. The number of rotatable bonds is 2. The number of H-pyrrole nitrogens is 2. The lowest BCUT2D eigenvalue weighted by Crippen LogP contribution is -2.23. The second kappa shape index (κ2) is 4.23. The molecule has 1 aliphatic carbocycles. The van der Waals surface area contributed by atoms with Crippen LogP contribution in [-0.2, 0) is 12.8 Å². The van der Waals surface area contributed by atoms with Crippen molar-refractivity contribution in [1.82, 2.24) is 9.97 Å². The fourth-order valence-electron chi connectivity index (χ4n) is 2.35. The first-order chi connectivity index (χ1) is 8.24. The minimum atomic E-state index is 0.0959. The van der Waals surface area contributed by atoms with E-state index in [1.807, 2.05) is 17.6 Å². The fourth-order valence-corrected chi connectivity index (χ4v) is 3.44. The summed E-state index contributed by atoms with van der Waals surface area (Å²) in [5, 5.41) is 2.01. The molecule has 0 aliphatic heterocycles. The van der Waals surface area contributed by atoms with Crippen molar-refractivity contribution >= 4 is 29.3 Å². The van der Waals surface area contributed by atoms with E-state index < -0.39 is 0 Å². The smallest absolute Gasteiger partial charge is 0.174 e. The summed E-state index contributed by atoms with van der Waals surface area (Å²) in [6, 6.07) is 1.95. The molecular formula is C12H12N2OS2. The van der Waals surface area contributed by atoms with Crippen molar-refractivity contribution < 1.29 is 4.79 Å². The summed E-state index contributed by atoms with van der Waals surface area (Å²) in [6.45, 7) is 0. The summed E-state index contributed by atoms with van der Waals surface area (Å²) in [5.74, 6) is 0.381. The summed E-state index contributed by atoms with van der Waals surface area (Å²) in [5.41, 5.74) is 1.95. The third kappa shape index (κ3) is 2.00. The lowest BCUT2D eigenvalue weighted by atomic mass is 9.84.